The molecule has 70 valence electrons. The summed E-state index contributed by atoms with van der Waals surface area (Å²) in [5.74, 6) is 0. The van der Waals surface area contributed by atoms with Crippen molar-refractivity contribution in [3.63, 3.8) is 0 Å². The van der Waals surface area contributed by atoms with Gasteiger partial charge in [-0.1, -0.05) is 6.07 Å². The highest BCUT2D eigenvalue weighted by molar-refractivity contribution is 7.11. The maximum absolute atomic E-state index is 10.7. The molecule has 2 heterocycles. The fraction of sp³-hybridized carbons (Fsp3) is 0.100. The van der Waals surface area contributed by atoms with Crippen molar-refractivity contribution in [3.8, 4) is 11.4 Å². The van der Waals surface area contributed by atoms with E-state index in [-0.39, 0.29) is 0 Å². The van der Waals surface area contributed by atoms with Crippen LogP contribution in [0.3, 0.4) is 0 Å². The Morgan fingerprint density at radius 3 is 2.93 bits per heavy atom. The van der Waals surface area contributed by atoms with Gasteiger partial charge in [0.05, 0.1) is 16.1 Å². The first-order valence-electron chi connectivity index (χ1n) is 4.13. The molecule has 0 saturated carbocycles. The smallest absolute Gasteiger partial charge is 0.162 e. The zero-order valence-electron chi connectivity index (χ0n) is 7.60. The lowest BCUT2D eigenvalue weighted by Crippen LogP contribution is -1.90. The molecule has 0 spiro atoms. The van der Waals surface area contributed by atoms with Crippen LogP contribution in [-0.2, 0) is 0 Å². The van der Waals surface area contributed by atoms with E-state index < -0.39 is 0 Å². The summed E-state index contributed by atoms with van der Waals surface area (Å²) in [7, 11) is 0. The Hall–Kier alpha value is -1.55. The molecule has 0 aromatic carbocycles. The number of rotatable bonds is 2. The highest BCUT2D eigenvalue weighted by atomic mass is 32.1. The van der Waals surface area contributed by atoms with Crippen molar-refractivity contribution < 1.29 is 4.79 Å². The highest BCUT2D eigenvalue weighted by Gasteiger charge is 2.10. The normalized spacial score (nSPS) is 10.1. The van der Waals surface area contributed by atoms with Crippen LogP contribution in [0.1, 0.15) is 15.2 Å². The summed E-state index contributed by atoms with van der Waals surface area (Å²) >= 11 is 1.33. The molecule has 4 heteroatoms. The number of thiazole rings is 1. The molecule has 0 N–H and O–H groups in total. The summed E-state index contributed by atoms with van der Waals surface area (Å²) in [4.78, 5) is 19.7. The van der Waals surface area contributed by atoms with Crippen LogP contribution in [-0.4, -0.2) is 16.3 Å². The van der Waals surface area contributed by atoms with Gasteiger partial charge in [0, 0.05) is 6.20 Å². The Morgan fingerprint density at radius 2 is 2.21 bits per heavy atom. The highest BCUT2D eigenvalue weighted by Crippen LogP contribution is 2.24. The van der Waals surface area contributed by atoms with E-state index in [2.05, 4.69) is 9.97 Å². The van der Waals surface area contributed by atoms with Gasteiger partial charge in [0.2, 0.25) is 0 Å². The van der Waals surface area contributed by atoms with Gasteiger partial charge < -0.3 is 0 Å². The quantitative estimate of drug-likeness (QED) is 0.705. The van der Waals surface area contributed by atoms with Crippen LogP contribution in [0, 0.1) is 6.92 Å². The third-order valence-corrected chi connectivity index (χ3v) is 2.69. The molecule has 0 aliphatic rings. The van der Waals surface area contributed by atoms with Crippen molar-refractivity contribution in [2.45, 2.75) is 6.92 Å². The van der Waals surface area contributed by atoms with Crippen LogP contribution in [0.4, 0.5) is 0 Å². The topological polar surface area (TPSA) is 42.9 Å². The predicted molar refractivity (Wildman–Crippen MR) is 55.5 cm³/mol. The largest absolute Gasteiger partial charge is 0.297 e. The zero-order valence-corrected chi connectivity index (χ0v) is 8.41. The van der Waals surface area contributed by atoms with E-state index in [4.69, 9.17) is 0 Å². The van der Waals surface area contributed by atoms with E-state index >= 15 is 0 Å². The minimum atomic E-state index is 0.631. The van der Waals surface area contributed by atoms with E-state index in [1.54, 1.807) is 11.7 Å². The maximum Gasteiger partial charge on any atom is 0.162 e. The van der Waals surface area contributed by atoms with E-state index in [0.29, 0.717) is 10.6 Å². The van der Waals surface area contributed by atoms with Crippen LogP contribution < -0.4 is 0 Å². The van der Waals surface area contributed by atoms with Crippen molar-refractivity contribution in [1.82, 2.24) is 9.97 Å². The van der Waals surface area contributed by atoms with Gasteiger partial charge in [-0.3, -0.25) is 9.78 Å². The van der Waals surface area contributed by atoms with Gasteiger partial charge in [-0.25, -0.2) is 4.98 Å². The number of aromatic nitrogens is 2. The second-order valence-electron chi connectivity index (χ2n) is 2.85. The number of nitrogens with zero attached hydrogens (tertiary/aromatic N) is 2. The molecule has 14 heavy (non-hydrogen) atoms. The number of hydrogen-bond acceptors (Lipinski definition) is 4. The fourth-order valence-corrected chi connectivity index (χ4v) is 1.84. The van der Waals surface area contributed by atoms with Crippen molar-refractivity contribution >= 4 is 17.6 Å². The van der Waals surface area contributed by atoms with Crippen LogP contribution >= 0.6 is 11.3 Å². The third-order valence-electron chi connectivity index (χ3n) is 1.94. The number of aldehydes is 1. The Kier molecular flexibility index (Phi) is 2.37. The summed E-state index contributed by atoms with van der Waals surface area (Å²) in [5, 5.41) is 0. The summed E-state index contributed by atoms with van der Waals surface area (Å²) in [6.45, 7) is 1.95. The van der Waals surface area contributed by atoms with Crippen molar-refractivity contribution in [2.24, 2.45) is 0 Å². The standard InChI is InChI=1S/C10H8N2OS/c1-7-3-2-4-11-9(7)10-8(5-13)14-6-12-10/h2-6H,1H3. The lowest BCUT2D eigenvalue weighted by atomic mass is 10.1. The third kappa shape index (κ3) is 1.44. The minimum absolute atomic E-state index is 0.631. The monoisotopic (exact) mass is 204 g/mol. The summed E-state index contributed by atoms with van der Waals surface area (Å²) in [6.07, 6.45) is 2.53. The van der Waals surface area contributed by atoms with Gasteiger partial charge >= 0.3 is 0 Å². The molecule has 0 saturated heterocycles. The molecule has 2 aromatic rings. The average Bonchev–Trinajstić information content (AvgIpc) is 2.66. The van der Waals surface area contributed by atoms with Gasteiger partial charge in [-0.15, -0.1) is 11.3 Å². The summed E-state index contributed by atoms with van der Waals surface area (Å²) in [6, 6.07) is 3.82. The van der Waals surface area contributed by atoms with Gasteiger partial charge in [0.25, 0.3) is 0 Å². The Balaban J connectivity index is 2.60. The first-order chi connectivity index (χ1) is 6.83. The Labute approximate surface area is 85.5 Å². The van der Waals surface area contributed by atoms with Crippen LogP contribution in [0.2, 0.25) is 0 Å². The second-order valence-corrected chi connectivity index (χ2v) is 3.74. The van der Waals surface area contributed by atoms with E-state index in [1.807, 2.05) is 19.1 Å². The molecule has 0 radical (unpaired) electrons. The Bertz CT molecular complexity index is 465. The van der Waals surface area contributed by atoms with E-state index in [0.717, 1.165) is 17.5 Å². The lowest BCUT2D eigenvalue weighted by Gasteiger charge is -2.00. The first-order valence-corrected chi connectivity index (χ1v) is 5.01. The molecule has 0 unspecified atom stereocenters. The van der Waals surface area contributed by atoms with Crippen molar-refractivity contribution in [3.05, 3.63) is 34.3 Å². The molecule has 0 fully saturated rings. The van der Waals surface area contributed by atoms with Gasteiger partial charge in [-0.05, 0) is 18.6 Å². The molecule has 0 bridgehead atoms. The van der Waals surface area contributed by atoms with Gasteiger partial charge in [0.1, 0.15) is 5.69 Å². The lowest BCUT2D eigenvalue weighted by molar-refractivity contribution is 0.112. The van der Waals surface area contributed by atoms with Crippen molar-refractivity contribution in [1.29, 1.82) is 0 Å². The number of carbonyl (C=O) groups is 1. The number of aryl methyl sites for hydroxylation is 1. The maximum atomic E-state index is 10.7. The molecular formula is C10H8N2OS. The van der Waals surface area contributed by atoms with Crippen LogP contribution in [0.25, 0.3) is 11.4 Å². The summed E-state index contributed by atoms with van der Waals surface area (Å²) in [5.41, 5.74) is 4.16. The molecule has 3 nitrogen and oxygen atoms in total. The second kappa shape index (κ2) is 3.67. The van der Waals surface area contributed by atoms with Crippen LogP contribution in [0.15, 0.2) is 23.8 Å². The molecule has 2 aromatic heterocycles. The Morgan fingerprint density at radius 1 is 1.36 bits per heavy atom. The molecule has 0 amide bonds. The van der Waals surface area contributed by atoms with Gasteiger partial charge in [-0.2, -0.15) is 0 Å². The minimum Gasteiger partial charge on any atom is -0.297 e. The average molecular weight is 204 g/mol. The van der Waals surface area contributed by atoms with E-state index in [9.17, 15) is 4.79 Å². The fourth-order valence-electron chi connectivity index (χ4n) is 1.25. The molecule has 0 aliphatic carbocycles. The van der Waals surface area contributed by atoms with Gasteiger partial charge in [0.15, 0.2) is 6.29 Å². The number of carbonyl (C=O) groups excluding carboxylic acids is 1. The molecule has 2 rings (SSSR count). The SMILES string of the molecule is Cc1cccnc1-c1ncsc1C=O. The predicted octanol–water partition coefficient (Wildman–Crippen LogP) is 2.33. The van der Waals surface area contributed by atoms with Crippen molar-refractivity contribution in [2.75, 3.05) is 0 Å². The summed E-state index contributed by atoms with van der Waals surface area (Å²) < 4.78 is 0. The number of pyridine rings is 1. The van der Waals surface area contributed by atoms with Crippen LogP contribution in [0.5, 0.6) is 0 Å². The molecule has 0 aliphatic heterocycles. The molecule has 0 atom stereocenters. The number of hydrogen-bond donors (Lipinski definition) is 0. The zero-order chi connectivity index (χ0) is 9.97. The first kappa shape index (κ1) is 9.02. The molecular weight excluding hydrogens is 196 g/mol. The van der Waals surface area contributed by atoms with E-state index in [1.165, 1.54) is 11.3 Å².